The van der Waals surface area contributed by atoms with Gasteiger partial charge in [-0.1, -0.05) is 12.2 Å². The number of Topliss-reactive ketones (excluding diaryl/α,β-unsaturated/α-hetero) is 1. The zero-order valence-corrected chi connectivity index (χ0v) is 6.80. The van der Waals surface area contributed by atoms with Gasteiger partial charge in [0.2, 0.25) is 0 Å². The van der Waals surface area contributed by atoms with Gasteiger partial charge in [-0.2, -0.15) is 11.3 Å². The first-order valence-corrected chi connectivity index (χ1v) is 4.53. The van der Waals surface area contributed by atoms with Crippen LogP contribution >= 0.6 is 11.3 Å². The predicted octanol–water partition coefficient (Wildman–Crippen LogP) is 2.36. The van der Waals surface area contributed by atoms with Crippen molar-refractivity contribution in [3.05, 3.63) is 34.5 Å². The second-order valence-corrected chi connectivity index (χ2v) is 3.41. The van der Waals surface area contributed by atoms with E-state index in [0.717, 1.165) is 5.56 Å². The van der Waals surface area contributed by atoms with E-state index in [4.69, 9.17) is 0 Å². The Morgan fingerprint density at radius 3 is 3.00 bits per heavy atom. The summed E-state index contributed by atoms with van der Waals surface area (Å²) < 4.78 is 0. The molecule has 0 saturated carbocycles. The lowest BCUT2D eigenvalue weighted by atomic mass is 10.0. The van der Waals surface area contributed by atoms with Gasteiger partial charge in [-0.3, -0.25) is 4.79 Å². The van der Waals surface area contributed by atoms with Crippen LogP contribution in [0.1, 0.15) is 17.9 Å². The van der Waals surface area contributed by atoms with E-state index in [0.29, 0.717) is 12.2 Å². The second kappa shape index (κ2) is 2.62. The Hall–Kier alpha value is -0.890. The molecule has 1 nitrogen and oxygen atoms in total. The monoisotopic (exact) mass is 164 g/mol. The van der Waals surface area contributed by atoms with Gasteiger partial charge in [0, 0.05) is 6.42 Å². The molecule has 56 valence electrons. The summed E-state index contributed by atoms with van der Waals surface area (Å²) in [5, 5.41) is 4.05. The molecule has 1 heterocycles. The minimum absolute atomic E-state index is 0.0567. The first-order chi connectivity index (χ1) is 5.38. The molecule has 0 radical (unpaired) electrons. The molecule has 1 atom stereocenters. The van der Waals surface area contributed by atoms with Gasteiger partial charge in [-0.15, -0.1) is 0 Å². The van der Waals surface area contributed by atoms with Crippen molar-refractivity contribution in [1.82, 2.24) is 0 Å². The molecular formula is C9H8OS. The number of allylic oxidation sites excluding steroid dienone is 2. The summed E-state index contributed by atoms with van der Waals surface area (Å²) >= 11 is 1.64. The van der Waals surface area contributed by atoms with Crippen LogP contribution in [0.15, 0.2) is 29.0 Å². The Kier molecular flexibility index (Phi) is 1.62. The lowest BCUT2D eigenvalue weighted by Crippen LogP contribution is -2.02. The Labute approximate surface area is 69.4 Å². The number of hydrogen-bond acceptors (Lipinski definition) is 2. The van der Waals surface area contributed by atoms with Gasteiger partial charge in [0.15, 0.2) is 0 Å². The van der Waals surface area contributed by atoms with Crippen LogP contribution in [0, 0.1) is 0 Å². The van der Waals surface area contributed by atoms with Gasteiger partial charge < -0.3 is 0 Å². The van der Waals surface area contributed by atoms with Crippen molar-refractivity contribution in [3.63, 3.8) is 0 Å². The molecule has 0 saturated heterocycles. The molecule has 0 aromatic carbocycles. The van der Waals surface area contributed by atoms with Crippen LogP contribution in [0.2, 0.25) is 0 Å². The summed E-state index contributed by atoms with van der Waals surface area (Å²) in [6.07, 6.45) is 4.55. The van der Waals surface area contributed by atoms with Crippen molar-refractivity contribution in [2.24, 2.45) is 0 Å². The summed E-state index contributed by atoms with van der Waals surface area (Å²) in [5.74, 6) is 0.379. The fourth-order valence-corrected chi connectivity index (χ4v) is 2.00. The summed E-state index contributed by atoms with van der Waals surface area (Å²) in [6.45, 7) is 0. The summed E-state index contributed by atoms with van der Waals surface area (Å²) in [4.78, 5) is 11.2. The SMILES string of the molecule is O=C1CC=CC1c1ccsc1. The van der Waals surface area contributed by atoms with Crippen LogP contribution in [0.3, 0.4) is 0 Å². The van der Waals surface area contributed by atoms with E-state index in [1.807, 2.05) is 29.0 Å². The minimum atomic E-state index is 0.0567. The third-order valence-electron chi connectivity index (χ3n) is 1.90. The smallest absolute Gasteiger partial charge is 0.147 e. The first kappa shape index (κ1) is 6.80. The predicted molar refractivity (Wildman–Crippen MR) is 45.8 cm³/mol. The van der Waals surface area contributed by atoms with E-state index in [1.165, 1.54) is 0 Å². The van der Waals surface area contributed by atoms with Crippen molar-refractivity contribution >= 4 is 17.1 Å². The van der Waals surface area contributed by atoms with Crippen LogP contribution in [0.5, 0.6) is 0 Å². The van der Waals surface area contributed by atoms with Gasteiger partial charge in [0.1, 0.15) is 5.78 Å². The largest absolute Gasteiger partial charge is 0.298 e. The molecule has 0 bridgehead atoms. The molecule has 2 heteroatoms. The Bertz CT molecular complexity index is 285. The maximum Gasteiger partial charge on any atom is 0.147 e. The topological polar surface area (TPSA) is 17.1 Å². The van der Waals surface area contributed by atoms with Crippen LogP contribution in [-0.4, -0.2) is 5.78 Å². The first-order valence-electron chi connectivity index (χ1n) is 3.59. The number of carbonyl (C=O) groups excluding carboxylic acids is 1. The highest BCUT2D eigenvalue weighted by atomic mass is 32.1. The Morgan fingerprint density at radius 2 is 2.45 bits per heavy atom. The number of carbonyl (C=O) groups is 1. The van der Waals surface area contributed by atoms with Gasteiger partial charge in [-0.05, 0) is 22.4 Å². The Balaban J connectivity index is 2.30. The van der Waals surface area contributed by atoms with E-state index in [1.54, 1.807) is 11.3 Å². The molecule has 0 aliphatic heterocycles. The third kappa shape index (κ3) is 1.14. The average Bonchev–Trinajstić information content (AvgIpc) is 2.55. The second-order valence-electron chi connectivity index (χ2n) is 2.63. The van der Waals surface area contributed by atoms with Crippen LogP contribution in [0.25, 0.3) is 0 Å². The van der Waals surface area contributed by atoms with Crippen molar-refractivity contribution in [2.45, 2.75) is 12.3 Å². The Morgan fingerprint density at radius 1 is 1.55 bits per heavy atom. The number of rotatable bonds is 1. The summed E-state index contributed by atoms with van der Waals surface area (Å²) in [5.41, 5.74) is 1.15. The fraction of sp³-hybridized carbons (Fsp3) is 0.222. The zero-order valence-electron chi connectivity index (χ0n) is 5.99. The molecule has 1 aromatic heterocycles. The van der Waals surface area contributed by atoms with E-state index in [-0.39, 0.29) is 5.92 Å². The molecule has 2 rings (SSSR count). The van der Waals surface area contributed by atoms with E-state index in [9.17, 15) is 4.79 Å². The van der Waals surface area contributed by atoms with E-state index < -0.39 is 0 Å². The normalized spacial score (nSPS) is 22.9. The van der Waals surface area contributed by atoms with Gasteiger partial charge >= 0.3 is 0 Å². The summed E-state index contributed by atoms with van der Waals surface area (Å²) in [7, 11) is 0. The van der Waals surface area contributed by atoms with Crippen LogP contribution in [-0.2, 0) is 4.79 Å². The highest BCUT2D eigenvalue weighted by Crippen LogP contribution is 2.26. The zero-order chi connectivity index (χ0) is 7.68. The molecule has 1 aliphatic carbocycles. The highest BCUT2D eigenvalue weighted by Gasteiger charge is 2.20. The number of hydrogen-bond donors (Lipinski definition) is 0. The minimum Gasteiger partial charge on any atom is -0.298 e. The lowest BCUT2D eigenvalue weighted by Gasteiger charge is -2.01. The fourth-order valence-electron chi connectivity index (χ4n) is 1.30. The maximum atomic E-state index is 11.2. The van der Waals surface area contributed by atoms with Crippen LogP contribution < -0.4 is 0 Å². The molecule has 0 fully saturated rings. The molecule has 1 aliphatic rings. The van der Waals surface area contributed by atoms with E-state index in [2.05, 4.69) is 0 Å². The highest BCUT2D eigenvalue weighted by molar-refractivity contribution is 7.08. The average molecular weight is 164 g/mol. The quantitative estimate of drug-likeness (QED) is 0.582. The van der Waals surface area contributed by atoms with Crippen LogP contribution in [0.4, 0.5) is 0 Å². The van der Waals surface area contributed by atoms with E-state index >= 15 is 0 Å². The molecule has 0 spiro atoms. The number of thiophene rings is 1. The van der Waals surface area contributed by atoms with Crippen molar-refractivity contribution < 1.29 is 4.79 Å². The third-order valence-corrected chi connectivity index (χ3v) is 2.60. The van der Waals surface area contributed by atoms with Gasteiger partial charge in [0.25, 0.3) is 0 Å². The molecule has 1 aromatic rings. The van der Waals surface area contributed by atoms with Crippen molar-refractivity contribution in [2.75, 3.05) is 0 Å². The van der Waals surface area contributed by atoms with Gasteiger partial charge in [-0.25, -0.2) is 0 Å². The summed E-state index contributed by atoms with van der Waals surface area (Å²) in [6, 6.07) is 2.02. The number of ketones is 1. The van der Waals surface area contributed by atoms with Crippen molar-refractivity contribution in [3.8, 4) is 0 Å². The molecular weight excluding hydrogens is 156 g/mol. The lowest BCUT2D eigenvalue weighted by molar-refractivity contribution is -0.118. The maximum absolute atomic E-state index is 11.2. The molecule has 0 N–H and O–H groups in total. The molecule has 0 amide bonds. The molecule has 1 unspecified atom stereocenters. The van der Waals surface area contributed by atoms with Crippen molar-refractivity contribution in [1.29, 1.82) is 0 Å². The molecule has 11 heavy (non-hydrogen) atoms. The standard InChI is InChI=1S/C9H8OS/c10-9-3-1-2-8(9)7-4-5-11-6-7/h1-2,4-6,8H,3H2. The van der Waals surface area contributed by atoms with Gasteiger partial charge in [0.05, 0.1) is 5.92 Å².